The molecule has 2 unspecified atom stereocenters. The van der Waals surface area contributed by atoms with Crippen LogP contribution < -0.4 is 10.1 Å². The number of nitro groups is 1. The number of benzene rings is 1. The van der Waals surface area contributed by atoms with Crippen LogP contribution in [0, 0.1) is 10.1 Å². The fourth-order valence-corrected chi connectivity index (χ4v) is 1.65. The van der Waals surface area contributed by atoms with E-state index in [1.54, 1.807) is 13.8 Å². The molecule has 0 saturated carbocycles. The molecular weight excluding hydrogens is 264 g/mol. The van der Waals surface area contributed by atoms with Crippen molar-refractivity contribution >= 4 is 11.6 Å². The van der Waals surface area contributed by atoms with Gasteiger partial charge in [0.2, 0.25) is 0 Å². The van der Waals surface area contributed by atoms with Crippen LogP contribution in [-0.2, 0) is 4.79 Å². The molecule has 0 fully saturated rings. The smallest absolute Gasteiger partial charge is 0.270 e. The lowest BCUT2D eigenvalue weighted by molar-refractivity contribution is -0.385. The average molecular weight is 282 g/mol. The van der Waals surface area contributed by atoms with Crippen LogP contribution in [0.4, 0.5) is 5.69 Å². The van der Waals surface area contributed by atoms with Crippen LogP contribution in [0.3, 0.4) is 0 Å². The highest BCUT2D eigenvalue weighted by Crippen LogP contribution is 2.30. The van der Waals surface area contributed by atoms with Gasteiger partial charge in [-0.25, -0.2) is 0 Å². The molecule has 0 aromatic heterocycles. The Hall–Kier alpha value is -2.15. The molecule has 0 aliphatic rings. The van der Waals surface area contributed by atoms with Crippen molar-refractivity contribution in [3.8, 4) is 5.75 Å². The molecule has 7 heteroatoms. The zero-order valence-electron chi connectivity index (χ0n) is 11.6. The number of rotatable bonds is 6. The van der Waals surface area contributed by atoms with E-state index in [4.69, 9.17) is 4.74 Å². The van der Waals surface area contributed by atoms with E-state index in [-0.39, 0.29) is 22.9 Å². The summed E-state index contributed by atoms with van der Waals surface area (Å²) in [6, 6.07) is 3.89. The molecule has 20 heavy (non-hydrogen) atoms. The van der Waals surface area contributed by atoms with E-state index >= 15 is 0 Å². The summed E-state index contributed by atoms with van der Waals surface area (Å²) in [5.74, 6) is -0.0354. The Morgan fingerprint density at radius 3 is 2.65 bits per heavy atom. The van der Waals surface area contributed by atoms with Gasteiger partial charge in [-0.15, -0.1) is 0 Å². The Labute approximate surface area is 116 Å². The van der Waals surface area contributed by atoms with Crippen LogP contribution in [0.2, 0.25) is 0 Å². The second-order valence-electron chi connectivity index (χ2n) is 4.31. The van der Waals surface area contributed by atoms with Gasteiger partial charge in [-0.1, -0.05) is 0 Å². The van der Waals surface area contributed by atoms with E-state index in [0.717, 1.165) is 0 Å². The van der Waals surface area contributed by atoms with Crippen molar-refractivity contribution < 1.29 is 19.6 Å². The van der Waals surface area contributed by atoms with Gasteiger partial charge in [0.25, 0.3) is 11.6 Å². The Kier molecular flexibility index (Phi) is 5.45. The number of nitrogens with one attached hydrogen (secondary N) is 1. The van der Waals surface area contributed by atoms with Crippen molar-refractivity contribution in [3.63, 3.8) is 0 Å². The van der Waals surface area contributed by atoms with Crippen LogP contribution in [-0.4, -0.2) is 28.6 Å². The van der Waals surface area contributed by atoms with Crippen LogP contribution in [0.5, 0.6) is 5.75 Å². The first-order chi connectivity index (χ1) is 9.36. The summed E-state index contributed by atoms with van der Waals surface area (Å²) in [5.41, 5.74) is 0.134. The maximum absolute atomic E-state index is 11.6. The minimum Gasteiger partial charge on any atom is -0.481 e. The van der Waals surface area contributed by atoms with Crippen LogP contribution in [0.25, 0.3) is 0 Å². The largest absolute Gasteiger partial charge is 0.481 e. The Morgan fingerprint density at radius 1 is 1.50 bits per heavy atom. The molecule has 1 aromatic rings. The maximum atomic E-state index is 11.6. The lowest BCUT2D eigenvalue weighted by atomic mass is 10.1. The van der Waals surface area contributed by atoms with Crippen LogP contribution >= 0.6 is 0 Å². The highest BCUT2D eigenvalue weighted by Gasteiger charge is 2.19. The molecule has 1 amide bonds. The molecule has 1 aromatic carbocycles. The monoisotopic (exact) mass is 282 g/mol. The number of likely N-dealkylation sites (N-methyl/N-ethyl adjacent to an activating group) is 1. The fourth-order valence-electron chi connectivity index (χ4n) is 1.65. The van der Waals surface area contributed by atoms with Crippen molar-refractivity contribution in [2.45, 2.75) is 33.0 Å². The van der Waals surface area contributed by atoms with E-state index in [1.165, 1.54) is 25.1 Å². The number of aliphatic hydroxyl groups is 1. The number of amides is 1. The molecule has 2 atom stereocenters. The molecular formula is C13H18N2O5. The number of hydrogen-bond donors (Lipinski definition) is 2. The quantitative estimate of drug-likeness (QED) is 0.609. The van der Waals surface area contributed by atoms with Crippen molar-refractivity contribution in [2.75, 3.05) is 6.54 Å². The van der Waals surface area contributed by atoms with Gasteiger partial charge in [-0.2, -0.15) is 0 Å². The third kappa shape index (κ3) is 3.92. The summed E-state index contributed by atoms with van der Waals surface area (Å²) in [6.45, 7) is 5.31. The molecule has 0 radical (unpaired) electrons. The van der Waals surface area contributed by atoms with E-state index in [0.29, 0.717) is 6.54 Å². The number of nitrogens with zero attached hydrogens (tertiary/aromatic N) is 1. The number of nitro benzene ring substituents is 1. The van der Waals surface area contributed by atoms with E-state index < -0.39 is 17.1 Å². The van der Waals surface area contributed by atoms with Crippen LogP contribution in [0.15, 0.2) is 18.2 Å². The predicted molar refractivity (Wildman–Crippen MR) is 72.5 cm³/mol. The number of non-ortho nitro benzene ring substituents is 1. The topological polar surface area (TPSA) is 102 Å². The zero-order chi connectivity index (χ0) is 15.3. The van der Waals surface area contributed by atoms with Crippen molar-refractivity contribution in [3.05, 3.63) is 33.9 Å². The van der Waals surface area contributed by atoms with Gasteiger partial charge in [-0.05, 0) is 26.8 Å². The summed E-state index contributed by atoms with van der Waals surface area (Å²) in [6.07, 6.45) is -1.69. The molecule has 0 saturated heterocycles. The summed E-state index contributed by atoms with van der Waals surface area (Å²) >= 11 is 0. The van der Waals surface area contributed by atoms with Crippen LogP contribution in [0.1, 0.15) is 32.4 Å². The Morgan fingerprint density at radius 2 is 2.15 bits per heavy atom. The molecule has 0 heterocycles. The third-order valence-corrected chi connectivity index (χ3v) is 2.68. The molecule has 110 valence electrons. The first kappa shape index (κ1) is 15.9. The minimum absolute atomic E-state index is 0.140. The summed E-state index contributed by atoms with van der Waals surface area (Å²) in [7, 11) is 0. The normalized spacial score (nSPS) is 13.4. The highest BCUT2D eigenvalue weighted by molar-refractivity contribution is 5.80. The second kappa shape index (κ2) is 6.85. The lowest BCUT2D eigenvalue weighted by Crippen LogP contribution is -2.36. The Balaban J connectivity index is 3.00. The summed E-state index contributed by atoms with van der Waals surface area (Å²) in [4.78, 5) is 21.8. The number of carbonyl (C=O) groups is 1. The van der Waals surface area contributed by atoms with Gasteiger partial charge in [0.1, 0.15) is 5.75 Å². The highest BCUT2D eigenvalue weighted by atomic mass is 16.6. The average Bonchev–Trinajstić information content (AvgIpc) is 2.38. The molecule has 0 bridgehead atoms. The number of carbonyl (C=O) groups excluding carboxylic acids is 1. The van der Waals surface area contributed by atoms with Crippen molar-refractivity contribution in [1.29, 1.82) is 0 Å². The predicted octanol–water partition coefficient (Wildman–Crippen LogP) is 1.55. The number of ether oxygens (including phenoxy) is 1. The van der Waals surface area contributed by atoms with Gasteiger partial charge in [0.05, 0.1) is 11.0 Å². The molecule has 0 aliphatic carbocycles. The first-order valence-electron chi connectivity index (χ1n) is 6.27. The van der Waals surface area contributed by atoms with E-state index in [1.807, 2.05) is 0 Å². The number of aliphatic hydroxyl groups excluding tert-OH is 1. The maximum Gasteiger partial charge on any atom is 0.270 e. The van der Waals surface area contributed by atoms with Gasteiger partial charge in [-0.3, -0.25) is 14.9 Å². The standard InChI is InChI=1S/C13H18N2O5/c1-4-14-13(17)9(3)20-12-6-5-10(15(18)19)7-11(12)8(2)16/h5-9,16H,4H2,1-3H3,(H,14,17). The van der Waals surface area contributed by atoms with E-state index in [9.17, 15) is 20.0 Å². The third-order valence-electron chi connectivity index (χ3n) is 2.68. The number of hydrogen-bond acceptors (Lipinski definition) is 5. The molecule has 0 spiro atoms. The lowest BCUT2D eigenvalue weighted by Gasteiger charge is -2.17. The van der Waals surface area contributed by atoms with Gasteiger partial charge in [0.15, 0.2) is 6.10 Å². The van der Waals surface area contributed by atoms with Gasteiger partial charge >= 0.3 is 0 Å². The minimum atomic E-state index is -0.939. The van der Waals surface area contributed by atoms with E-state index in [2.05, 4.69) is 5.32 Å². The second-order valence-corrected chi connectivity index (χ2v) is 4.31. The molecule has 7 nitrogen and oxygen atoms in total. The Bertz CT molecular complexity index is 502. The molecule has 1 rings (SSSR count). The van der Waals surface area contributed by atoms with Gasteiger partial charge < -0.3 is 15.2 Å². The zero-order valence-corrected chi connectivity index (χ0v) is 11.6. The van der Waals surface area contributed by atoms with Crippen molar-refractivity contribution in [1.82, 2.24) is 5.32 Å². The van der Waals surface area contributed by atoms with Crippen molar-refractivity contribution in [2.24, 2.45) is 0 Å². The SMILES string of the molecule is CCNC(=O)C(C)Oc1ccc([N+](=O)[O-])cc1C(C)O. The first-order valence-corrected chi connectivity index (χ1v) is 6.27. The molecule has 2 N–H and O–H groups in total. The summed E-state index contributed by atoms with van der Waals surface area (Å²) < 4.78 is 5.46. The fraction of sp³-hybridized carbons (Fsp3) is 0.462. The van der Waals surface area contributed by atoms with Gasteiger partial charge in [0, 0.05) is 24.2 Å². The summed E-state index contributed by atoms with van der Waals surface area (Å²) in [5, 5.41) is 23.0. The molecule has 0 aliphatic heterocycles.